The standard InChI is InChI=1S/C14H21BN.2H2O/c1-16(14-10-6-3-7-11-14)12-15-13-8-4-2-5-9-13;;/h2,4-5,8-9,14H,3,6-7,10-12H2,1H3;2*1H2. The molecule has 4 heteroatoms. The first-order valence-corrected chi connectivity index (χ1v) is 6.45. The van der Waals surface area contributed by atoms with E-state index >= 15 is 0 Å². The molecule has 0 spiro atoms. The Kier molecular flexibility index (Phi) is 8.72. The third-order valence-corrected chi connectivity index (χ3v) is 3.61. The van der Waals surface area contributed by atoms with Crippen LogP contribution in [0.4, 0.5) is 0 Å². The van der Waals surface area contributed by atoms with Crippen molar-refractivity contribution < 1.29 is 11.0 Å². The molecule has 101 valence electrons. The number of nitrogens with zero attached hydrogens (tertiary/aromatic N) is 1. The maximum atomic E-state index is 2.51. The van der Waals surface area contributed by atoms with Gasteiger partial charge in [-0.2, -0.15) is 0 Å². The molecule has 1 saturated carbocycles. The van der Waals surface area contributed by atoms with Gasteiger partial charge in [0.05, 0.1) is 0 Å². The van der Waals surface area contributed by atoms with E-state index in [4.69, 9.17) is 0 Å². The molecule has 0 saturated heterocycles. The van der Waals surface area contributed by atoms with Gasteiger partial charge in [-0.1, -0.05) is 55.1 Å². The Morgan fingerprint density at radius 3 is 2.28 bits per heavy atom. The fourth-order valence-electron chi connectivity index (χ4n) is 2.51. The van der Waals surface area contributed by atoms with Gasteiger partial charge in [-0.15, -0.1) is 0 Å². The van der Waals surface area contributed by atoms with Crippen molar-refractivity contribution in [2.75, 3.05) is 13.5 Å². The number of rotatable bonds is 4. The lowest BCUT2D eigenvalue weighted by Crippen LogP contribution is -2.38. The molecular weight excluding hydrogens is 225 g/mol. The zero-order chi connectivity index (χ0) is 11.2. The summed E-state index contributed by atoms with van der Waals surface area (Å²) in [4.78, 5) is 2.51. The van der Waals surface area contributed by atoms with Crippen molar-refractivity contribution in [1.82, 2.24) is 4.90 Å². The van der Waals surface area contributed by atoms with Gasteiger partial charge in [-0.05, 0) is 26.3 Å². The Labute approximate surface area is 111 Å². The predicted octanol–water partition coefficient (Wildman–Crippen LogP) is 0.589. The minimum atomic E-state index is 0. The Morgan fingerprint density at radius 1 is 1.06 bits per heavy atom. The molecule has 1 aliphatic rings. The molecule has 1 fully saturated rings. The lowest BCUT2D eigenvalue weighted by atomic mass is 9.69. The van der Waals surface area contributed by atoms with E-state index in [0.717, 1.165) is 12.5 Å². The smallest absolute Gasteiger partial charge is 0.169 e. The predicted molar refractivity (Wildman–Crippen MR) is 78.6 cm³/mol. The van der Waals surface area contributed by atoms with Crippen LogP contribution in [0.15, 0.2) is 30.3 Å². The molecule has 18 heavy (non-hydrogen) atoms. The molecule has 4 N–H and O–H groups in total. The van der Waals surface area contributed by atoms with Crippen LogP contribution in [0, 0.1) is 0 Å². The number of hydrogen-bond donors (Lipinski definition) is 0. The van der Waals surface area contributed by atoms with E-state index in [1.807, 2.05) is 0 Å². The van der Waals surface area contributed by atoms with Gasteiger partial charge in [-0.25, -0.2) is 0 Å². The molecule has 0 heterocycles. The van der Waals surface area contributed by atoms with Crippen LogP contribution in [0.1, 0.15) is 32.1 Å². The second kappa shape index (κ2) is 9.14. The van der Waals surface area contributed by atoms with E-state index in [9.17, 15) is 0 Å². The number of hydrogen-bond acceptors (Lipinski definition) is 1. The van der Waals surface area contributed by atoms with E-state index in [1.54, 1.807) is 0 Å². The monoisotopic (exact) mass is 250 g/mol. The van der Waals surface area contributed by atoms with Crippen LogP contribution in [-0.4, -0.2) is 42.7 Å². The van der Waals surface area contributed by atoms with Crippen LogP contribution < -0.4 is 5.46 Å². The minimum absolute atomic E-state index is 0. The molecular formula is C14H25BNO2. The molecule has 1 aromatic rings. The first-order valence-electron chi connectivity index (χ1n) is 6.45. The summed E-state index contributed by atoms with van der Waals surface area (Å²) in [5.41, 5.74) is 1.34. The first-order chi connectivity index (χ1) is 7.86. The zero-order valence-corrected chi connectivity index (χ0v) is 11.2. The fourth-order valence-corrected chi connectivity index (χ4v) is 2.51. The van der Waals surface area contributed by atoms with E-state index in [-0.39, 0.29) is 11.0 Å². The van der Waals surface area contributed by atoms with Gasteiger partial charge in [0.15, 0.2) is 7.28 Å². The summed E-state index contributed by atoms with van der Waals surface area (Å²) in [5.74, 6) is 0. The van der Waals surface area contributed by atoms with Crippen LogP contribution >= 0.6 is 0 Å². The third kappa shape index (κ3) is 5.21. The summed E-state index contributed by atoms with van der Waals surface area (Å²) in [7, 11) is 4.59. The lowest BCUT2D eigenvalue weighted by molar-refractivity contribution is 0.218. The second-order valence-electron chi connectivity index (χ2n) is 4.85. The van der Waals surface area contributed by atoms with Crippen molar-refractivity contribution in [1.29, 1.82) is 0 Å². The van der Waals surface area contributed by atoms with Gasteiger partial charge in [0, 0.05) is 6.04 Å². The Morgan fingerprint density at radius 2 is 1.67 bits per heavy atom. The van der Waals surface area contributed by atoms with Gasteiger partial charge < -0.3 is 15.9 Å². The lowest BCUT2D eigenvalue weighted by Gasteiger charge is -2.31. The van der Waals surface area contributed by atoms with E-state index < -0.39 is 0 Å². The first kappa shape index (κ1) is 17.2. The van der Waals surface area contributed by atoms with Crippen LogP contribution in [0.5, 0.6) is 0 Å². The second-order valence-corrected chi connectivity index (χ2v) is 4.85. The summed E-state index contributed by atoms with van der Waals surface area (Å²) in [6.45, 7) is 0. The molecule has 0 aromatic heterocycles. The van der Waals surface area contributed by atoms with Gasteiger partial charge in [0.25, 0.3) is 0 Å². The highest BCUT2D eigenvalue weighted by atomic mass is 16.0. The minimum Gasteiger partial charge on any atom is -0.412 e. The van der Waals surface area contributed by atoms with Crippen molar-refractivity contribution in [3.8, 4) is 0 Å². The molecule has 0 unspecified atom stereocenters. The Hall–Kier alpha value is -0.835. The summed E-state index contributed by atoms with van der Waals surface area (Å²) in [6, 6.07) is 11.4. The van der Waals surface area contributed by atoms with Gasteiger partial charge in [0.2, 0.25) is 0 Å². The van der Waals surface area contributed by atoms with Crippen molar-refractivity contribution in [2.24, 2.45) is 0 Å². The van der Waals surface area contributed by atoms with Crippen LogP contribution in [0.2, 0.25) is 0 Å². The van der Waals surface area contributed by atoms with Gasteiger partial charge >= 0.3 is 0 Å². The van der Waals surface area contributed by atoms with Crippen molar-refractivity contribution >= 4 is 12.7 Å². The quantitative estimate of drug-likeness (QED) is 0.721. The molecule has 1 radical (unpaired) electrons. The SMILES string of the molecule is CN(C[B]c1ccccc1)C1CCCCC1.O.O. The Balaban J connectivity index is 0.00000144. The molecule has 0 bridgehead atoms. The van der Waals surface area contributed by atoms with Gasteiger partial charge in [-0.3, -0.25) is 0 Å². The highest BCUT2D eigenvalue weighted by Gasteiger charge is 2.17. The summed E-state index contributed by atoms with van der Waals surface area (Å²) < 4.78 is 0. The molecule has 0 amide bonds. The van der Waals surface area contributed by atoms with Gasteiger partial charge in [0.1, 0.15) is 0 Å². The van der Waals surface area contributed by atoms with Crippen molar-refractivity contribution in [3.63, 3.8) is 0 Å². The topological polar surface area (TPSA) is 66.2 Å². The van der Waals surface area contributed by atoms with E-state index in [1.165, 1.54) is 37.6 Å². The van der Waals surface area contributed by atoms with Crippen LogP contribution in [-0.2, 0) is 0 Å². The average Bonchev–Trinajstić information content (AvgIpc) is 2.38. The molecule has 1 aliphatic carbocycles. The average molecular weight is 250 g/mol. The maximum absolute atomic E-state index is 2.51. The largest absolute Gasteiger partial charge is 0.412 e. The maximum Gasteiger partial charge on any atom is 0.169 e. The third-order valence-electron chi connectivity index (χ3n) is 3.61. The van der Waals surface area contributed by atoms with E-state index in [0.29, 0.717) is 0 Å². The zero-order valence-electron chi connectivity index (χ0n) is 11.2. The molecule has 1 aromatic carbocycles. The molecule has 0 atom stereocenters. The Bertz CT molecular complexity index is 302. The van der Waals surface area contributed by atoms with Crippen molar-refractivity contribution in [2.45, 2.75) is 38.1 Å². The fraction of sp³-hybridized carbons (Fsp3) is 0.571. The van der Waals surface area contributed by atoms with E-state index in [2.05, 4.69) is 49.6 Å². The molecule has 2 rings (SSSR count). The number of benzene rings is 1. The molecule has 0 aliphatic heterocycles. The highest BCUT2D eigenvalue weighted by molar-refractivity contribution is 6.53. The summed E-state index contributed by atoms with van der Waals surface area (Å²) in [6.07, 6.45) is 8.13. The van der Waals surface area contributed by atoms with Crippen LogP contribution in [0.3, 0.4) is 0 Å². The molecule has 3 nitrogen and oxygen atoms in total. The normalized spacial score (nSPS) is 15.7. The highest BCUT2D eigenvalue weighted by Crippen LogP contribution is 2.20. The summed E-state index contributed by atoms with van der Waals surface area (Å²) >= 11 is 0. The van der Waals surface area contributed by atoms with Crippen molar-refractivity contribution in [3.05, 3.63) is 30.3 Å². The summed E-state index contributed by atoms with van der Waals surface area (Å²) in [5, 5.41) is 0. The van der Waals surface area contributed by atoms with Crippen LogP contribution in [0.25, 0.3) is 0 Å².